The molecule has 0 aliphatic carbocycles. The maximum absolute atomic E-state index is 12.0. The summed E-state index contributed by atoms with van der Waals surface area (Å²) >= 11 is 0. The lowest BCUT2D eigenvalue weighted by molar-refractivity contribution is -0.142. The van der Waals surface area contributed by atoms with Gasteiger partial charge in [-0.2, -0.15) is 0 Å². The van der Waals surface area contributed by atoms with Crippen LogP contribution in [-0.4, -0.2) is 30.5 Å². The standard InChI is InChI=1S/C19H27NO4/c1-4-7-19(2,3)9-14-17(18(21)22)13(10-20-14)12-5-6-15-16(8-12)24-11-23-15/h5-6,8,13-14,17,20H,4,7,9-11H2,1-3H3,(H,21,22)/t13-,14+,17-/m1/s1. The fraction of sp³-hybridized carbons (Fsp3) is 0.632. The van der Waals surface area contributed by atoms with Crippen molar-refractivity contribution in [1.82, 2.24) is 5.32 Å². The van der Waals surface area contributed by atoms with Gasteiger partial charge in [0.2, 0.25) is 6.79 Å². The van der Waals surface area contributed by atoms with Crippen LogP contribution in [0, 0.1) is 11.3 Å². The van der Waals surface area contributed by atoms with Crippen LogP contribution in [0.4, 0.5) is 0 Å². The molecule has 0 bridgehead atoms. The summed E-state index contributed by atoms with van der Waals surface area (Å²) in [7, 11) is 0. The molecule has 3 rings (SSSR count). The monoisotopic (exact) mass is 333 g/mol. The van der Waals surface area contributed by atoms with E-state index in [1.165, 1.54) is 0 Å². The van der Waals surface area contributed by atoms with Crippen molar-refractivity contribution < 1.29 is 19.4 Å². The zero-order chi connectivity index (χ0) is 17.3. The van der Waals surface area contributed by atoms with Crippen LogP contribution in [0.2, 0.25) is 0 Å². The molecule has 3 atom stereocenters. The van der Waals surface area contributed by atoms with E-state index in [1.807, 2.05) is 18.2 Å². The number of ether oxygens (including phenoxy) is 2. The molecule has 0 radical (unpaired) electrons. The smallest absolute Gasteiger partial charge is 0.308 e. The van der Waals surface area contributed by atoms with Gasteiger partial charge in [-0.1, -0.05) is 33.3 Å². The van der Waals surface area contributed by atoms with Crippen molar-refractivity contribution in [1.29, 1.82) is 0 Å². The Labute approximate surface area is 143 Å². The molecule has 2 N–H and O–H groups in total. The van der Waals surface area contributed by atoms with Crippen molar-refractivity contribution in [2.75, 3.05) is 13.3 Å². The maximum Gasteiger partial charge on any atom is 0.308 e. The van der Waals surface area contributed by atoms with Gasteiger partial charge in [0.05, 0.1) is 5.92 Å². The highest BCUT2D eigenvalue weighted by Crippen LogP contribution is 2.41. The molecule has 1 aromatic rings. The Morgan fingerprint density at radius 1 is 1.33 bits per heavy atom. The molecule has 5 heteroatoms. The molecule has 24 heavy (non-hydrogen) atoms. The second kappa shape index (κ2) is 6.63. The van der Waals surface area contributed by atoms with Crippen molar-refractivity contribution in [3.05, 3.63) is 23.8 Å². The van der Waals surface area contributed by atoms with Crippen LogP contribution in [0.3, 0.4) is 0 Å². The Kier molecular flexibility index (Phi) is 4.72. The molecule has 1 aromatic carbocycles. The van der Waals surface area contributed by atoms with Gasteiger partial charge < -0.3 is 19.9 Å². The van der Waals surface area contributed by atoms with Crippen molar-refractivity contribution in [3.8, 4) is 11.5 Å². The number of hydrogen-bond acceptors (Lipinski definition) is 4. The third kappa shape index (κ3) is 3.36. The van der Waals surface area contributed by atoms with E-state index in [2.05, 4.69) is 26.1 Å². The Morgan fingerprint density at radius 2 is 2.08 bits per heavy atom. The molecule has 0 amide bonds. The molecule has 1 saturated heterocycles. The van der Waals surface area contributed by atoms with Crippen LogP contribution in [0.5, 0.6) is 11.5 Å². The van der Waals surface area contributed by atoms with Gasteiger partial charge in [-0.15, -0.1) is 0 Å². The highest BCUT2D eigenvalue weighted by Gasteiger charge is 2.43. The third-order valence-electron chi connectivity index (χ3n) is 5.28. The SMILES string of the molecule is CCCC(C)(C)C[C@@H]1NC[C@H](c2ccc3c(c2)OCO3)[C@H]1C(=O)O. The van der Waals surface area contributed by atoms with E-state index in [4.69, 9.17) is 9.47 Å². The zero-order valence-corrected chi connectivity index (χ0v) is 14.7. The average Bonchev–Trinajstić information content (AvgIpc) is 3.11. The highest BCUT2D eigenvalue weighted by molar-refractivity contribution is 5.73. The summed E-state index contributed by atoms with van der Waals surface area (Å²) in [5.41, 5.74) is 1.15. The molecular weight excluding hydrogens is 306 g/mol. The highest BCUT2D eigenvalue weighted by atomic mass is 16.7. The number of hydrogen-bond donors (Lipinski definition) is 2. The Bertz CT molecular complexity index is 613. The molecular formula is C19H27NO4. The minimum atomic E-state index is -0.722. The van der Waals surface area contributed by atoms with E-state index in [1.54, 1.807) is 0 Å². The number of carboxylic acids is 1. The summed E-state index contributed by atoms with van der Waals surface area (Å²) in [6.45, 7) is 7.55. The van der Waals surface area contributed by atoms with Gasteiger partial charge in [-0.3, -0.25) is 4.79 Å². The first-order chi connectivity index (χ1) is 11.4. The minimum Gasteiger partial charge on any atom is -0.481 e. The predicted molar refractivity (Wildman–Crippen MR) is 91.5 cm³/mol. The first-order valence-electron chi connectivity index (χ1n) is 8.77. The first kappa shape index (κ1) is 17.1. The first-order valence-corrected chi connectivity index (χ1v) is 8.77. The van der Waals surface area contributed by atoms with Crippen molar-refractivity contribution >= 4 is 5.97 Å². The van der Waals surface area contributed by atoms with E-state index in [9.17, 15) is 9.90 Å². The van der Waals surface area contributed by atoms with Crippen LogP contribution in [-0.2, 0) is 4.79 Å². The summed E-state index contributed by atoms with van der Waals surface area (Å²) in [4.78, 5) is 12.0. The molecule has 0 saturated carbocycles. The fourth-order valence-electron chi connectivity index (χ4n) is 4.20. The number of carboxylic acid groups (broad SMARTS) is 1. The van der Waals surface area contributed by atoms with Gasteiger partial charge in [0.1, 0.15) is 0 Å². The van der Waals surface area contributed by atoms with Crippen molar-refractivity contribution in [2.24, 2.45) is 11.3 Å². The second-order valence-corrected chi connectivity index (χ2v) is 7.72. The Hall–Kier alpha value is -1.75. The summed E-state index contributed by atoms with van der Waals surface area (Å²) in [6.07, 6.45) is 3.09. The van der Waals surface area contributed by atoms with Crippen molar-refractivity contribution in [3.63, 3.8) is 0 Å². The number of fused-ring (bicyclic) bond motifs is 1. The molecule has 2 aliphatic heterocycles. The largest absolute Gasteiger partial charge is 0.481 e. The number of benzene rings is 1. The van der Waals surface area contributed by atoms with Gasteiger partial charge in [0.25, 0.3) is 0 Å². The lowest BCUT2D eigenvalue weighted by Crippen LogP contribution is -2.36. The van der Waals surface area contributed by atoms with Gasteiger partial charge in [-0.25, -0.2) is 0 Å². The van der Waals surface area contributed by atoms with Crippen LogP contribution in [0.25, 0.3) is 0 Å². The van der Waals surface area contributed by atoms with Crippen molar-refractivity contribution in [2.45, 2.75) is 52.0 Å². The zero-order valence-electron chi connectivity index (χ0n) is 14.7. The molecule has 1 fully saturated rings. The second-order valence-electron chi connectivity index (χ2n) is 7.72. The fourth-order valence-corrected chi connectivity index (χ4v) is 4.20. The van der Waals surface area contributed by atoms with Gasteiger partial charge in [-0.05, 0) is 36.0 Å². The Balaban J connectivity index is 1.80. The number of rotatable bonds is 6. The number of aliphatic carboxylic acids is 1. The van der Waals surface area contributed by atoms with Gasteiger partial charge in [0, 0.05) is 18.5 Å². The lowest BCUT2D eigenvalue weighted by atomic mass is 9.76. The normalized spacial score (nSPS) is 25.9. The van der Waals surface area contributed by atoms with E-state index in [0.717, 1.165) is 30.6 Å². The minimum absolute atomic E-state index is 0.000488. The van der Waals surface area contributed by atoms with Crippen LogP contribution < -0.4 is 14.8 Å². The van der Waals surface area contributed by atoms with Crippen LogP contribution in [0.1, 0.15) is 51.5 Å². The molecule has 132 valence electrons. The molecule has 0 unspecified atom stereocenters. The van der Waals surface area contributed by atoms with E-state index >= 15 is 0 Å². The van der Waals surface area contributed by atoms with Gasteiger partial charge in [0.15, 0.2) is 11.5 Å². The van der Waals surface area contributed by atoms with E-state index < -0.39 is 11.9 Å². The lowest BCUT2D eigenvalue weighted by Gasteiger charge is -2.30. The molecule has 0 spiro atoms. The van der Waals surface area contributed by atoms with Crippen LogP contribution in [0.15, 0.2) is 18.2 Å². The van der Waals surface area contributed by atoms with E-state index in [-0.39, 0.29) is 24.2 Å². The van der Waals surface area contributed by atoms with E-state index in [0.29, 0.717) is 12.3 Å². The average molecular weight is 333 g/mol. The molecule has 2 heterocycles. The van der Waals surface area contributed by atoms with Gasteiger partial charge >= 0.3 is 5.97 Å². The summed E-state index contributed by atoms with van der Waals surface area (Å²) < 4.78 is 10.8. The summed E-state index contributed by atoms with van der Waals surface area (Å²) in [5.74, 6) is 0.268. The summed E-state index contributed by atoms with van der Waals surface area (Å²) in [6, 6.07) is 5.78. The topological polar surface area (TPSA) is 67.8 Å². The third-order valence-corrected chi connectivity index (χ3v) is 5.28. The number of carbonyl (C=O) groups is 1. The Morgan fingerprint density at radius 3 is 2.79 bits per heavy atom. The van der Waals surface area contributed by atoms with Crippen LogP contribution >= 0.6 is 0 Å². The molecule has 5 nitrogen and oxygen atoms in total. The molecule has 2 aliphatic rings. The summed E-state index contributed by atoms with van der Waals surface area (Å²) in [5, 5.41) is 13.3. The number of nitrogens with one attached hydrogen (secondary N) is 1. The quantitative estimate of drug-likeness (QED) is 0.835. The predicted octanol–water partition coefficient (Wildman–Crippen LogP) is 3.39. The molecule has 0 aromatic heterocycles. The maximum atomic E-state index is 12.0.